The van der Waals surface area contributed by atoms with Crippen LogP contribution in [0.5, 0.6) is 0 Å². The van der Waals surface area contributed by atoms with Crippen LogP contribution in [0.25, 0.3) is 0 Å². The van der Waals surface area contributed by atoms with Crippen molar-refractivity contribution in [2.75, 3.05) is 0 Å². The fourth-order valence-electron chi connectivity index (χ4n) is 3.19. The summed E-state index contributed by atoms with van der Waals surface area (Å²) in [5, 5.41) is 0. The van der Waals surface area contributed by atoms with Gasteiger partial charge in [-0.2, -0.15) is 0 Å². The Morgan fingerprint density at radius 2 is 1.67 bits per heavy atom. The van der Waals surface area contributed by atoms with Crippen LogP contribution in [-0.2, 0) is 21.2 Å². The Balaban J connectivity index is 1.95. The highest BCUT2D eigenvalue weighted by Crippen LogP contribution is 2.32. The lowest BCUT2D eigenvalue weighted by Gasteiger charge is -2.24. The first-order chi connectivity index (χ1) is 11.4. The average molecular weight is 343 g/mol. The van der Waals surface area contributed by atoms with Gasteiger partial charge in [0.1, 0.15) is 0 Å². The second-order valence-corrected chi connectivity index (χ2v) is 8.25. The van der Waals surface area contributed by atoms with Crippen molar-refractivity contribution in [1.82, 2.24) is 4.31 Å². The van der Waals surface area contributed by atoms with Gasteiger partial charge in [-0.15, -0.1) is 0 Å². The number of nitrogens with zero attached hydrogens (tertiary/aromatic N) is 1. The molecule has 3 rings (SSSR count). The normalized spacial score (nSPS) is 21.2. The first kappa shape index (κ1) is 16.7. The van der Waals surface area contributed by atoms with Crippen molar-refractivity contribution in [3.63, 3.8) is 0 Å². The summed E-state index contributed by atoms with van der Waals surface area (Å²) in [6, 6.07) is 16.0. The van der Waals surface area contributed by atoms with E-state index < -0.39 is 10.0 Å². The van der Waals surface area contributed by atoms with Crippen LogP contribution < -0.4 is 0 Å². The van der Waals surface area contributed by atoms with E-state index in [-0.39, 0.29) is 22.8 Å². The second-order valence-electron chi connectivity index (χ2n) is 6.43. The Kier molecular flexibility index (Phi) is 4.45. The number of benzene rings is 2. The molecule has 0 aliphatic carbocycles. The molecule has 24 heavy (non-hydrogen) atoms. The molecule has 126 valence electrons. The maximum Gasteiger partial charge on any atom is 0.266 e. The third kappa shape index (κ3) is 3.08. The number of carbonyl (C=O) groups excluding carboxylic acids is 1. The third-order valence-corrected chi connectivity index (χ3v) is 6.35. The Hall–Kier alpha value is -2.14. The van der Waals surface area contributed by atoms with Gasteiger partial charge in [0.25, 0.3) is 10.0 Å². The molecule has 0 spiro atoms. The van der Waals surface area contributed by atoms with Crippen molar-refractivity contribution in [3.05, 3.63) is 65.7 Å². The van der Waals surface area contributed by atoms with Crippen LogP contribution in [-0.4, -0.2) is 24.7 Å². The summed E-state index contributed by atoms with van der Waals surface area (Å²) in [6.45, 7) is 3.70. The lowest BCUT2D eigenvalue weighted by molar-refractivity contribution is -0.127. The first-order valence-electron chi connectivity index (χ1n) is 8.08. The number of aryl methyl sites for hydroxylation is 1. The summed E-state index contributed by atoms with van der Waals surface area (Å²) in [7, 11) is -3.82. The van der Waals surface area contributed by atoms with Gasteiger partial charge < -0.3 is 0 Å². The van der Waals surface area contributed by atoms with Crippen molar-refractivity contribution in [1.29, 1.82) is 0 Å². The van der Waals surface area contributed by atoms with Gasteiger partial charge in [0.15, 0.2) is 0 Å². The molecule has 0 saturated carbocycles. The lowest BCUT2D eigenvalue weighted by atomic mass is 10.0. The smallest absolute Gasteiger partial charge is 0.266 e. The van der Waals surface area contributed by atoms with E-state index in [0.717, 1.165) is 15.4 Å². The lowest BCUT2D eigenvalue weighted by Crippen LogP contribution is -2.40. The fraction of sp³-hybridized carbons (Fsp3) is 0.316. The van der Waals surface area contributed by atoms with E-state index in [2.05, 4.69) is 0 Å². The topological polar surface area (TPSA) is 54.5 Å². The summed E-state index contributed by atoms with van der Waals surface area (Å²) in [6.07, 6.45) is 1.10. The minimum absolute atomic E-state index is 0.175. The third-order valence-electron chi connectivity index (χ3n) is 4.49. The highest BCUT2D eigenvalue weighted by molar-refractivity contribution is 7.89. The van der Waals surface area contributed by atoms with Crippen molar-refractivity contribution in [3.8, 4) is 0 Å². The summed E-state index contributed by atoms with van der Waals surface area (Å²) >= 11 is 0. The fourth-order valence-corrected chi connectivity index (χ4v) is 4.87. The van der Waals surface area contributed by atoms with Gasteiger partial charge in [0, 0.05) is 5.92 Å². The van der Waals surface area contributed by atoms with Crippen LogP contribution in [0.1, 0.15) is 24.5 Å². The predicted octanol–water partition coefficient (Wildman–Crippen LogP) is 3.16. The Morgan fingerprint density at radius 1 is 1.04 bits per heavy atom. The molecule has 1 heterocycles. The van der Waals surface area contributed by atoms with E-state index in [0.29, 0.717) is 12.8 Å². The van der Waals surface area contributed by atoms with Gasteiger partial charge in [-0.3, -0.25) is 4.79 Å². The molecule has 1 saturated heterocycles. The summed E-state index contributed by atoms with van der Waals surface area (Å²) < 4.78 is 27.1. The molecule has 1 amide bonds. The van der Waals surface area contributed by atoms with Crippen LogP contribution in [0.4, 0.5) is 0 Å². The number of hydrogen-bond donors (Lipinski definition) is 0. The highest BCUT2D eigenvalue weighted by Gasteiger charge is 2.44. The Labute approximate surface area is 143 Å². The standard InChI is InChI=1S/C19H21NO3S/c1-14-8-10-18(11-9-14)24(22,23)20-17(12-15(2)19(20)21)13-16-6-4-3-5-7-16/h3-11,15,17H,12-13H2,1-2H3/t15-,17-/m0/s1. The van der Waals surface area contributed by atoms with Crippen LogP contribution in [0.15, 0.2) is 59.5 Å². The molecular weight excluding hydrogens is 322 g/mol. The highest BCUT2D eigenvalue weighted by atomic mass is 32.2. The average Bonchev–Trinajstić information content (AvgIpc) is 2.83. The van der Waals surface area contributed by atoms with E-state index in [1.54, 1.807) is 31.2 Å². The van der Waals surface area contributed by atoms with Crippen molar-refractivity contribution in [2.24, 2.45) is 5.92 Å². The van der Waals surface area contributed by atoms with E-state index in [4.69, 9.17) is 0 Å². The maximum absolute atomic E-state index is 13.0. The van der Waals surface area contributed by atoms with E-state index in [1.165, 1.54) is 0 Å². The molecule has 5 heteroatoms. The van der Waals surface area contributed by atoms with Crippen LogP contribution in [0.2, 0.25) is 0 Å². The number of rotatable bonds is 4. The minimum Gasteiger partial charge on any atom is -0.273 e. The summed E-state index contributed by atoms with van der Waals surface area (Å²) in [5.74, 6) is -0.588. The molecule has 1 aliphatic rings. The SMILES string of the molecule is Cc1ccc(S(=O)(=O)N2C(=O)[C@@H](C)C[C@H]2Cc2ccccc2)cc1. The quantitative estimate of drug-likeness (QED) is 0.857. The largest absolute Gasteiger partial charge is 0.273 e. The van der Waals surface area contributed by atoms with Gasteiger partial charge in [-0.05, 0) is 37.5 Å². The molecule has 0 bridgehead atoms. The Bertz CT molecular complexity index is 829. The first-order valence-corrected chi connectivity index (χ1v) is 9.52. The van der Waals surface area contributed by atoms with Gasteiger partial charge in [0.05, 0.1) is 10.9 Å². The molecular formula is C19H21NO3S. The van der Waals surface area contributed by atoms with Crippen molar-refractivity contribution in [2.45, 2.75) is 37.6 Å². The summed E-state index contributed by atoms with van der Waals surface area (Å²) in [4.78, 5) is 12.7. The molecule has 1 aliphatic heterocycles. The number of hydrogen-bond acceptors (Lipinski definition) is 3. The zero-order valence-electron chi connectivity index (χ0n) is 13.8. The maximum atomic E-state index is 13.0. The van der Waals surface area contributed by atoms with E-state index >= 15 is 0 Å². The molecule has 0 radical (unpaired) electrons. The van der Waals surface area contributed by atoms with Crippen LogP contribution in [0.3, 0.4) is 0 Å². The number of carbonyl (C=O) groups is 1. The van der Waals surface area contributed by atoms with Gasteiger partial charge in [0.2, 0.25) is 5.91 Å². The van der Waals surface area contributed by atoms with Crippen molar-refractivity contribution >= 4 is 15.9 Å². The van der Waals surface area contributed by atoms with E-state index in [9.17, 15) is 13.2 Å². The molecule has 4 nitrogen and oxygen atoms in total. The zero-order chi connectivity index (χ0) is 17.3. The monoisotopic (exact) mass is 343 g/mol. The molecule has 1 fully saturated rings. The Morgan fingerprint density at radius 3 is 2.29 bits per heavy atom. The number of amides is 1. The van der Waals surface area contributed by atoms with Gasteiger partial charge in [-0.1, -0.05) is 55.0 Å². The molecule has 0 aromatic heterocycles. The molecule has 2 aromatic rings. The molecule has 0 unspecified atom stereocenters. The molecule has 0 N–H and O–H groups in total. The van der Waals surface area contributed by atoms with Gasteiger partial charge >= 0.3 is 0 Å². The second kappa shape index (κ2) is 6.40. The van der Waals surface area contributed by atoms with Crippen LogP contribution >= 0.6 is 0 Å². The minimum atomic E-state index is -3.82. The predicted molar refractivity (Wildman–Crippen MR) is 92.9 cm³/mol. The zero-order valence-corrected chi connectivity index (χ0v) is 14.7. The number of sulfonamides is 1. The molecule has 2 aromatic carbocycles. The molecule has 2 atom stereocenters. The van der Waals surface area contributed by atoms with E-state index in [1.807, 2.05) is 37.3 Å². The van der Waals surface area contributed by atoms with Crippen molar-refractivity contribution < 1.29 is 13.2 Å². The van der Waals surface area contributed by atoms with Crippen LogP contribution in [0, 0.1) is 12.8 Å². The van der Waals surface area contributed by atoms with Gasteiger partial charge in [-0.25, -0.2) is 12.7 Å². The summed E-state index contributed by atoms with van der Waals surface area (Å²) in [5.41, 5.74) is 2.02.